The highest BCUT2D eigenvalue weighted by atomic mass is 32.2. The van der Waals surface area contributed by atoms with Crippen LogP contribution in [-0.4, -0.2) is 28.8 Å². The van der Waals surface area contributed by atoms with Gasteiger partial charge in [-0.05, 0) is 18.6 Å². The molecule has 3 aromatic rings. The minimum atomic E-state index is -0.426. The minimum absolute atomic E-state index is 0.347. The van der Waals surface area contributed by atoms with Crippen molar-refractivity contribution in [3.05, 3.63) is 71.4 Å². The van der Waals surface area contributed by atoms with Crippen LogP contribution in [0, 0.1) is 6.92 Å². The summed E-state index contributed by atoms with van der Waals surface area (Å²) in [5.41, 5.74) is 8.85. The van der Waals surface area contributed by atoms with Gasteiger partial charge in [-0.2, -0.15) is 11.8 Å². The second-order valence-corrected chi connectivity index (χ2v) is 7.65. The summed E-state index contributed by atoms with van der Waals surface area (Å²) in [7, 11) is 1.88. The van der Waals surface area contributed by atoms with Gasteiger partial charge in [0.05, 0.1) is 5.56 Å². The first-order chi connectivity index (χ1) is 13.5. The lowest BCUT2D eigenvalue weighted by atomic mass is 10.2. The van der Waals surface area contributed by atoms with Crippen LogP contribution in [0.5, 0.6) is 0 Å². The van der Waals surface area contributed by atoms with E-state index in [1.54, 1.807) is 18.0 Å². The molecule has 7 heteroatoms. The molecule has 0 saturated heterocycles. The van der Waals surface area contributed by atoms with E-state index in [9.17, 15) is 9.59 Å². The van der Waals surface area contributed by atoms with Crippen molar-refractivity contribution in [1.29, 1.82) is 0 Å². The number of carbonyl (C=O) groups excluding carboxylic acids is 2. The molecule has 0 aliphatic heterocycles. The number of nitrogens with one attached hydrogen (secondary N) is 3. The van der Waals surface area contributed by atoms with Gasteiger partial charge in [0.25, 0.3) is 5.91 Å². The maximum absolute atomic E-state index is 12.4. The van der Waals surface area contributed by atoms with E-state index in [-0.39, 0.29) is 5.91 Å². The summed E-state index contributed by atoms with van der Waals surface area (Å²) in [6, 6.07) is 15.6. The third-order valence-corrected chi connectivity index (χ3v) is 5.38. The summed E-state index contributed by atoms with van der Waals surface area (Å²) in [5.74, 6) is 1.35. The van der Waals surface area contributed by atoms with Gasteiger partial charge in [-0.1, -0.05) is 48.0 Å². The van der Waals surface area contributed by atoms with E-state index in [0.29, 0.717) is 12.1 Å². The molecule has 0 saturated carbocycles. The molecule has 1 heterocycles. The van der Waals surface area contributed by atoms with Crippen molar-refractivity contribution in [2.75, 3.05) is 12.3 Å². The number of amides is 3. The van der Waals surface area contributed by atoms with Gasteiger partial charge in [-0.25, -0.2) is 10.2 Å². The van der Waals surface area contributed by atoms with Crippen molar-refractivity contribution in [2.45, 2.75) is 12.7 Å². The fraction of sp³-hybridized carbons (Fsp3) is 0.238. The number of hydrogen-bond acceptors (Lipinski definition) is 3. The third kappa shape index (κ3) is 5.07. The van der Waals surface area contributed by atoms with Gasteiger partial charge in [0.15, 0.2) is 0 Å². The maximum Gasteiger partial charge on any atom is 0.333 e. The van der Waals surface area contributed by atoms with Crippen LogP contribution in [-0.2, 0) is 12.8 Å². The Balaban J connectivity index is 1.38. The number of aryl methyl sites for hydroxylation is 2. The number of aromatic nitrogens is 1. The zero-order valence-corrected chi connectivity index (χ0v) is 16.8. The first-order valence-electron chi connectivity index (χ1n) is 9.06. The van der Waals surface area contributed by atoms with Gasteiger partial charge < -0.3 is 9.88 Å². The Morgan fingerprint density at radius 2 is 1.79 bits per heavy atom. The van der Waals surface area contributed by atoms with Gasteiger partial charge in [0, 0.05) is 42.2 Å². The topological polar surface area (TPSA) is 75.2 Å². The number of rotatable bonds is 6. The van der Waals surface area contributed by atoms with E-state index < -0.39 is 6.03 Å². The second kappa shape index (κ2) is 9.32. The SMILES string of the molecule is Cc1ccc(CSCCNC(=O)NNC(=O)c2cn(C)c3ccccc23)cc1. The lowest BCUT2D eigenvalue weighted by molar-refractivity contribution is 0.0938. The van der Waals surface area contributed by atoms with E-state index in [1.165, 1.54) is 11.1 Å². The summed E-state index contributed by atoms with van der Waals surface area (Å²) in [4.78, 5) is 24.2. The average Bonchev–Trinajstić information content (AvgIpc) is 3.04. The standard InChI is InChI=1S/C21H24N4O2S/c1-15-7-9-16(10-8-15)14-28-12-11-22-21(27)24-23-20(26)18-13-25(2)19-6-4-3-5-17(18)19/h3-10,13H,11-12,14H2,1-2H3,(H,23,26)(H2,22,24,27). The summed E-state index contributed by atoms with van der Waals surface area (Å²) in [5, 5.41) is 3.58. The van der Waals surface area contributed by atoms with Crippen LogP contribution < -0.4 is 16.2 Å². The molecule has 0 atom stereocenters. The number of hydrazine groups is 1. The van der Waals surface area contributed by atoms with E-state index >= 15 is 0 Å². The number of para-hydroxylation sites is 1. The fourth-order valence-electron chi connectivity index (χ4n) is 2.86. The smallest absolute Gasteiger partial charge is 0.333 e. The van der Waals surface area contributed by atoms with Crippen LogP contribution in [0.3, 0.4) is 0 Å². The largest absolute Gasteiger partial charge is 0.350 e. The molecule has 3 N–H and O–H groups in total. The molecule has 0 bridgehead atoms. The highest BCUT2D eigenvalue weighted by molar-refractivity contribution is 7.98. The molecule has 0 spiro atoms. The molecule has 0 aliphatic rings. The highest BCUT2D eigenvalue weighted by Crippen LogP contribution is 2.19. The van der Waals surface area contributed by atoms with Gasteiger partial charge in [-0.15, -0.1) is 0 Å². The van der Waals surface area contributed by atoms with Crippen molar-refractivity contribution in [1.82, 2.24) is 20.7 Å². The van der Waals surface area contributed by atoms with Crippen LogP contribution in [0.1, 0.15) is 21.5 Å². The molecule has 6 nitrogen and oxygen atoms in total. The number of fused-ring (bicyclic) bond motifs is 1. The number of hydrogen-bond donors (Lipinski definition) is 3. The number of benzene rings is 2. The minimum Gasteiger partial charge on any atom is -0.350 e. The van der Waals surface area contributed by atoms with Crippen LogP contribution in [0.25, 0.3) is 10.9 Å². The van der Waals surface area contributed by atoms with Crippen molar-refractivity contribution >= 4 is 34.6 Å². The predicted octanol–water partition coefficient (Wildman–Crippen LogP) is 3.36. The fourth-order valence-corrected chi connectivity index (χ4v) is 3.68. The summed E-state index contributed by atoms with van der Waals surface area (Å²) in [6.45, 7) is 2.59. The third-order valence-electron chi connectivity index (χ3n) is 4.35. The van der Waals surface area contributed by atoms with Crippen LogP contribution in [0.15, 0.2) is 54.7 Å². The predicted molar refractivity (Wildman–Crippen MR) is 114 cm³/mol. The molecular formula is C21H24N4O2S. The summed E-state index contributed by atoms with van der Waals surface area (Å²) in [6.07, 6.45) is 1.75. The Morgan fingerprint density at radius 3 is 2.57 bits per heavy atom. The van der Waals surface area contributed by atoms with E-state index in [1.807, 2.05) is 35.9 Å². The normalized spacial score (nSPS) is 10.6. The molecule has 2 aromatic carbocycles. The van der Waals surface area contributed by atoms with Crippen molar-refractivity contribution in [3.8, 4) is 0 Å². The van der Waals surface area contributed by atoms with Gasteiger partial charge >= 0.3 is 6.03 Å². The molecule has 146 valence electrons. The summed E-state index contributed by atoms with van der Waals surface area (Å²) >= 11 is 1.75. The number of carbonyl (C=O) groups is 2. The number of urea groups is 1. The van der Waals surface area contributed by atoms with Crippen molar-refractivity contribution in [2.24, 2.45) is 7.05 Å². The lowest BCUT2D eigenvalue weighted by Gasteiger charge is -2.09. The quantitative estimate of drug-likeness (QED) is 0.442. The molecular weight excluding hydrogens is 372 g/mol. The first kappa shape index (κ1) is 19.8. The Bertz CT molecular complexity index is 966. The molecule has 0 radical (unpaired) electrons. The Hall–Kier alpha value is -2.93. The van der Waals surface area contributed by atoms with E-state index in [0.717, 1.165) is 22.4 Å². The monoisotopic (exact) mass is 396 g/mol. The summed E-state index contributed by atoms with van der Waals surface area (Å²) < 4.78 is 1.88. The van der Waals surface area contributed by atoms with E-state index in [2.05, 4.69) is 47.4 Å². The molecule has 3 rings (SSSR count). The van der Waals surface area contributed by atoms with Gasteiger partial charge in [0.2, 0.25) is 0 Å². The van der Waals surface area contributed by atoms with Gasteiger partial charge in [0.1, 0.15) is 0 Å². The second-order valence-electron chi connectivity index (χ2n) is 6.54. The zero-order valence-electron chi connectivity index (χ0n) is 16.0. The molecule has 0 unspecified atom stereocenters. The average molecular weight is 397 g/mol. The zero-order chi connectivity index (χ0) is 19.9. The molecule has 0 fully saturated rings. The Kier molecular flexibility index (Phi) is 6.60. The van der Waals surface area contributed by atoms with Gasteiger partial charge in [-0.3, -0.25) is 10.2 Å². The Labute approximate surface area is 168 Å². The number of nitrogens with zero attached hydrogens (tertiary/aromatic N) is 1. The van der Waals surface area contributed by atoms with Crippen LogP contribution in [0.4, 0.5) is 4.79 Å². The van der Waals surface area contributed by atoms with Crippen LogP contribution in [0.2, 0.25) is 0 Å². The maximum atomic E-state index is 12.4. The van der Waals surface area contributed by atoms with Crippen molar-refractivity contribution < 1.29 is 9.59 Å². The Morgan fingerprint density at radius 1 is 1.04 bits per heavy atom. The molecule has 1 aromatic heterocycles. The van der Waals surface area contributed by atoms with Crippen molar-refractivity contribution in [3.63, 3.8) is 0 Å². The number of thioether (sulfide) groups is 1. The lowest BCUT2D eigenvalue weighted by Crippen LogP contribution is -2.47. The molecule has 3 amide bonds. The molecule has 28 heavy (non-hydrogen) atoms. The first-order valence-corrected chi connectivity index (χ1v) is 10.2. The molecule has 0 aliphatic carbocycles. The van der Waals surface area contributed by atoms with E-state index in [4.69, 9.17) is 0 Å². The van der Waals surface area contributed by atoms with Crippen LogP contribution >= 0.6 is 11.8 Å². The highest BCUT2D eigenvalue weighted by Gasteiger charge is 2.13.